The van der Waals surface area contributed by atoms with Crippen molar-refractivity contribution in [1.82, 2.24) is 9.78 Å². The summed E-state index contributed by atoms with van der Waals surface area (Å²) in [6.07, 6.45) is 6.54. The smallest absolute Gasteiger partial charge is 0.133 e. The maximum atomic E-state index is 11.3. The van der Waals surface area contributed by atoms with Crippen LogP contribution in [-0.4, -0.2) is 22.1 Å². The zero-order valence-electron chi connectivity index (χ0n) is 8.57. The normalized spacial score (nSPS) is 10.4. The van der Waals surface area contributed by atoms with Gasteiger partial charge in [-0.15, -0.1) is 0 Å². The molecule has 0 aromatic carbocycles. The molecule has 0 saturated carbocycles. The van der Waals surface area contributed by atoms with Crippen LogP contribution < -0.4 is 5.73 Å². The van der Waals surface area contributed by atoms with Crippen molar-refractivity contribution >= 4 is 5.78 Å². The Morgan fingerprint density at radius 2 is 2.36 bits per heavy atom. The highest BCUT2D eigenvalue weighted by molar-refractivity contribution is 5.78. The van der Waals surface area contributed by atoms with E-state index in [1.54, 1.807) is 10.9 Å². The molecule has 14 heavy (non-hydrogen) atoms. The molecular weight excluding hydrogens is 178 g/mol. The van der Waals surface area contributed by atoms with Gasteiger partial charge in [0.15, 0.2) is 0 Å². The molecule has 0 aliphatic heterocycles. The third-order valence-electron chi connectivity index (χ3n) is 2.11. The number of carbonyl (C=O) groups is 1. The van der Waals surface area contributed by atoms with Crippen LogP contribution in [0, 0.1) is 0 Å². The number of hydrogen-bond acceptors (Lipinski definition) is 3. The highest BCUT2D eigenvalue weighted by Crippen LogP contribution is 2.03. The predicted octanol–water partition coefficient (Wildman–Crippen LogP) is 0.661. The molecule has 0 saturated heterocycles. The van der Waals surface area contributed by atoms with Gasteiger partial charge in [0.25, 0.3) is 0 Å². The van der Waals surface area contributed by atoms with Crippen LogP contribution in [0.4, 0.5) is 0 Å². The Hall–Kier alpha value is -1.16. The van der Waals surface area contributed by atoms with Crippen molar-refractivity contribution in [2.75, 3.05) is 6.54 Å². The molecule has 0 aliphatic carbocycles. The molecule has 4 heteroatoms. The third-order valence-corrected chi connectivity index (χ3v) is 2.11. The molecule has 1 aromatic heterocycles. The van der Waals surface area contributed by atoms with E-state index in [1.165, 1.54) is 0 Å². The van der Waals surface area contributed by atoms with Gasteiger partial charge in [-0.25, -0.2) is 0 Å². The summed E-state index contributed by atoms with van der Waals surface area (Å²) in [6.45, 7) is 0.596. The van der Waals surface area contributed by atoms with Gasteiger partial charge in [-0.05, 0) is 24.9 Å². The summed E-state index contributed by atoms with van der Waals surface area (Å²) in [7, 11) is 1.87. The van der Waals surface area contributed by atoms with Gasteiger partial charge in [0.1, 0.15) is 5.78 Å². The van der Waals surface area contributed by atoms with Crippen LogP contribution >= 0.6 is 0 Å². The molecule has 0 spiro atoms. The van der Waals surface area contributed by atoms with Crippen molar-refractivity contribution in [3.63, 3.8) is 0 Å². The summed E-state index contributed by atoms with van der Waals surface area (Å²) < 4.78 is 1.75. The summed E-state index contributed by atoms with van der Waals surface area (Å²) in [5.74, 6) is 0.291. The van der Waals surface area contributed by atoms with Gasteiger partial charge in [0.05, 0.1) is 6.20 Å². The molecule has 2 N–H and O–H groups in total. The van der Waals surface area contributed by atoms with Gasteiger partial charge in [-0.3, -0.25) is 9.48 Å². The molecule has 1 heterocycles. The van der Waals surface area contributed by atoms with E-state index in [9.17, 15) is 4.79 Å². The fourth-order valence-electron chi connectivity index (χ4n) is 1.31. The van der Waals surface area contributed by atoms with Crippen molar-refractivity contribution in [1.29, 1.82) is 0 Å². The summed E-state index contributed by atoms with van der Waals surface area (Å²) in [5.41, 5.74) is 6.44. The van der Waals surface area contributed by atoms with E-state index in [2.05, 4.69) is 5.10 Å². The second-order valence-electron chi connectivity index (χ2n) is 3.45. The fraction of sp³-hybridized carbons (Fsp3) is 0.600. The van der Waals surface area contributed by atoms with E-state index >= 15 is 0 Å². The number of Topliss-reactive ketones (excluding diaryl/α,β-unsaturated/α-hetero) is 1. The Bertz CT molecular complexity index is 293. The number of nitrogens with zero attached hydrogens (tertiary/aromatic N) is 2. The largest absolute Gasteiger partial charge is 0.330 e. The van der Waals surface area contributed by atoms with E-state index in [1.807, 2.05) is 13.2 Å². The summed E-state index contributed by atoms with van der Waals surface area (Å²) in [6, 6.07) is 0. The minimum Gasteiger partial charge on any atom is -0.330 e. The first-order chi connectivity index (χ1) is 6.72. The Balaban J connectivity index is 2.23. The first-order valence-corrected chi connectivity index (χ1v) is 4.91. The highest BCUT2D eigenvalue weighted by Gasteiger charge is 2.03. The van der Waals surface area contributed by atoms with Crippen LogP contribution in [-0.2, 0) is 18.3 Å². The zero-order chi connectivity index (χ0) is 10.4. The zero-order valence-corrected chi connectivity index (χ0v) is 8.57. The molecule has 4 nitrogen and oxygen atoms in total. The average Bonchev–Trinajstić information content (AvgIpc) is 2.58. The fourth-order valence-corrected chi connectivity index (χ4v) is 1.31. The average molecular weight is 195 g/mol. The number of carbonyl (C=O) groups excluding carboxylic acids is 1. The summed E-state index contributed by atoms with van der Waals surface area (Å²) in [5, 5.41) is 4.04. The molecule has 1 rings (SSSR count). The Morgan fingerprint density at radius 1 is 1.57 bits per heavy atom. The van der Waals surface area contributed by atoms with E-state index in [-0.39, 0.29) is 0 Å². The predicted molar refractivity (Wildman–Crippen MR) is 54.8 cm³/mol. The van der Waals surface area contributed by atoms with Crippen LogP contribution in [0.1, 0.15) is 24.8 Å². The summed E-state index contributed by atoms with van der Waals surface area (Å²) >= 11 is 0. The lowest BCUT2D eigenvalue weighted by molar-refractivity contribution is -0.119. The van der Waals surface area contributed by atoms with E-state index in [4.69, 9.17) is 5.73 Å². The number of nitrogens with two attached hydrogens (primary N) is 1. The van der Waals surface area contributed by atoms with Gasteiger partial charge >= 0.3 is 0 Å². The van der Waals surface area contributed by atoms with Crippen molar-refractivity contribution in [2.45, 2.75) is 25.7 Å². The lowest BCUT2D eigenvalue weighted by atomic mass is 10.1. The lowest BCUT2D eigenvalue weighted by Gasteiger charge is -1.97. The standard InChI is InChI=1S/C10H17N3O/c1-13-8-9(7-12-13)4-5-10(14)3-2-6-11/h7-8H,2-6,11H2,1H3. The summed E-state index contributed by atoms with van der Waals surface area (Å²) in [4.78, 5) is 11.3. The van der Waals surface area contributed by atoms with Crippen LogP contribution in [0.15, 0.2) is 12.4 Å². The number of rotatable bonds is 6. The van der Waals surface area contributed by atoms with Gasteiger partial charge < -0.3 is 5.73 Å². The van der Waals surface area contributed by atoms with Gasteiger partial charge in [-0.2, -0.15) is 5.10 Å². The maximum Gasteiger partial charge on any atom is 0.133 e. The molecule has 78 valence electrons. The molecular formula is C10H17N3O. The number of aromatic nitrogens is 2. The minimum absolute atomic E-state index is 0.291. The molecule has 0 unspecified atom stereocenters. The molecule has 0 atom stereocenters. The molecule has 0 radical (unpaired) electrons. The van der Waals surface area contributed by atoms with Gasteiger partial charge in [-0.1, -0.05) is 0 Å². The third kappa shape index (κ3) is 3.70. The highest BCUT2D eigenvalue weighted by atomic mass is 16.1. The van der Waals surface area contributed by atoms with Gasteiger partial charge in [0, 0.05) is 26.1 Å². The van der Waals surface area contributed by atoms with Crippen molar-refractivity contribution in [2.24, 2.45) is 12.8 Å². The Labute approximate surface area is 84.1 Å². The quantitative estimate of drug-likeness (QED) is 0.725. The second kappa shape index (κ2) is 5.54. The van der Waals surface area contributed by atoms with E-state index in [0.717, 1.165) is 18.4 Å². The Morgan fingerprint density at radius 3 is 2.93 bits per heavy atom. The molecule has 0 amide bonds. The van der Waals surface area contributed by atoms with Crippen LogP contribution in [0.2, 0.25) is 0 Å². The van der Waals surface area contributed by atoms with Crippen LogP contribution in [0.25, 0.3) is 0 Å². The molecule has 0 bridgehead atoms. The van der Waals surface area contributed by atoms with E-state index in [0.29, 0.717) is 25.2 Å². The van der Waals surface area contributed by atoms with Gasteiger partial charge in [0.2, 0.25) is 0 Å². The Kier molecular flexibility index (Phi) is 4.32. The second-order valence-corrected chi connectivity index (χ2v) is 3.45. The van der Waals surface area contributed by atoms with Crippen molar-refractivity contribution < 1.29 is 4.79 Å². The number of hydrogen-bond donors (Lipinski definition) is 1. The van der Waals surface area contributed by atoms with Crippen molar-refractivity contribution in [3.8, 4) is 0 Å². The number of ketones is 1. The minimum atomic E-state index is 0.291. The monoisotopic (exact) mass is 195 g/mol. The first kappa shape index (κ1) is 10.9. The SMILES string of the molecule is Cn1cc(CCC(=O)CCCN)cn1. The van der Waals surface area contributed by atoms with Crippen LogP contribution in [0.5, 0.6) is 0 Å². The maximum absolute atomic E-state index is 11.3. The molecule has 0 aliphatic rings. The lowest BCUT2D eigenvalue weighted by Crippen LogP contribution is -2.05. The molecule has 1 aromatic rings. The van der Waals surface area contributed by atoms with Crippen LogP contribution in [0.3, 0.4) is 0 Å². The number of aryl methyl sites for hydroxylation is 2. The van der Waals surface area contributed by atoms with E-state index < -0.39 is 0 Å². The first-order valence-electron chi connectivity index (χ1n) is 4.91. The topological polar surface area (TPSA) is 60.9 Å². The molecule has 0 fully saturated rings. The van der Waals surface area contributed by atoms with Crippen molar-refractivity contribution in [3.05, 3.63) is 18.0 Å².